The van der Waals surface area contributed by atoms with Crippen LogP contribution in [0, 0.1) is 11.2 Å². The van der Waals surface area contributed by atoms with Crippen LogP contribution in [0.15, 0.2) is 48.8 Å². The number of nitrogens with one attached hydrogen (secondary N) is 2. The third-order valence-electron chi connectivity index (χ3n) is 5.39. The van der Waals surface area contributed by atoms with E-state index < -0.39 is 0 Å². The summed E-state index contributed by atoms with van der Waals surface area (Å²) in [5.74, 6) is 0.309. The predicted molar refractivity (Wildman–Crippen MR) is 116 cm³/mol. The molecule has 30 heavy (non-hydrogen) atoms. The second kappa shape index (κ2) is 9.20. The minimum Gasteiger partial charge on any atom is -0.347 e. The van der Waals surface area contributed by atoms with E-state index in [1.54, 1.807) is 6.07 Å². The molecule has 0 radical (unpaired) electrons. The van der Waals surface area contributed by atoms with Gasteiger partial charge in [-0.25, -0.2) is 9.37 Å². The third kappa shape index (κ3) is 5.75. The molecule has 0 aliphatic carbocycles. The van der Waals surface area contributed by atoms with E-state index in [2.05, 4.69) is 36.1 Å². The number of hydrogen-bond acceptors (Lipinski definition) is 3. The van der Waals surface area contributed by atoms with Crippen molar-refractivity contribution in [1.82, 2.24) is 20.3 Å². The molecule has 0 saturated heterocycles. The zero-order valence-corrected chi connectivity index (χ0v) is 18.0. The highest BCUT2D eigenvalue weighted by molar-refractivity contribution is 5.73. The first-order chi connectivity index (χ1) is 14.3. The van der Waals surface area contributed by atoms with Gasteiger partial charge in [0.1, 0.15) is 11.6 Å². The second-order valence-corrected chi connectivity index (χ2v) is 8.49. The summed E-state index contributed by atoms with van der Waals surface area (Å²) in [6, 6.07) is 10.7. The van der Waals surface area contributed by atoms with Crippen LogP contribution in [0.4, 0.5) is 4.39 Å². The van der Waals surface area contributed by atoms with Crippen LogP contribution >= 0.6 is 0 Å². The molecule has 0 bridgehead atoms. The van der Waals surface area contributed by atoms with Gasteiger partial charge in [0.25, 0.3) is 0 Å². The molecule has 0 aliphatic rings. The van der Waals surface area contributed by atoms with Gasteiger partial charge < -0.3 is 10.3 Å². The molecule has 0 spiro atoms. The number of imidazole rings is 1. The highest BCUT2D eigenvalue weighted by Crippen LogP contribution is 2.26. The van der Waals surface area contributed by atoms with Crippen molar-refractivity contribution in [1.29, 1.82) is 0 Å². The SMILES string of the molecule is CCC(C)(C)Cc1c[nH]c(C(Cc2ccc(-c3ccc(F)cn3)cc2)NC(C)=O)n1. The average molecular weight is 409 g/mol. The van der Waals surface area contributed by atoms with Gasteiger partial charge in [-0.3, -0.25) is 9.78 Å². The highest BCUT2D eigenvalue weighted by Gasteiger charge is 2.21. The molecule has 2 N–H and O–H groups in total. The van der Waals surface area contributed by atoms with Crippen LogP contribution in [-0.4, -0.2) is 20.9 Å². The topological polar surface area (TPSA) is 70.7 Å². The molecule has 1 atom stereocenters. The lowest BCUT2D eigenvalue weighted by Gasteiger charge is -2.21. The predicted octanol–water partition coefficient (Wildman–Crippen LogP) is 5.01. The molecule has 6 heteroatoms. The number of benzene rings is 1. The highest BCUT2D eigenvalue weighted by atomic mass is 19.1. The molecule has 0 fully saturated rings. The van der Waals surface area contributed by atoms with E-state index in [1.807, 2.05) is 30.5 Å². The Bertz CT molecular complexity index is 977. The van der Waals surface area contributed by atoms with Gasteiger partial charge in [-0.05, 0) is 36.0 Å². The molecule has 3 rings (SSSR count). The summed E-state index contributed by atoms with van der Waals surface area (Å²) in [5, 5.41) is 3.00. The number of pyridine rings is 1. The number of halogens is 1. The number of rotatable bonds is 8. The maximum Gasteiger partial charge on any atom is 0.217 e. The lowest BCUT2D eigenvalue weighted by atomic mass is 9.85. The van der Waals surface area contributed by atoms with Gasteiger partial charge in [-0.1, -0.05) is 51.5 Å². The van der Waals surface area contributed by atoms with Crippen LogP contribution < -0.4 is 5.32 Å². The maximum absolute atomic E-state index is 13.1. The second-order valence-electron chi connectivity index (χ2n) is 8.49. The van der Waals surface area contributed by atoms with Gasteiger partial charge in [-0.15, -0.1) is 0 Å². The van der Waals surface area contributed by atoms with Crippen molar-refractivity contribution in [3.8, 4) is 11.3 Å². The van der Waals surface area contributed by atoms with E-state index in [0.29, 0.717) is 6.42 Å². The van der Waals surface area contributed by atoms with E-state index in [4.69, 9.17) is 4.98 Å². The molecule has 0 saturated carbocycles. The Hall–Kier alpha value is -3.02. The van der Waals surface area contributed by atoms with Crippen molar-refractivity contribution in [2.75, 3.05) is 0 Å². The van der Waals surface area contributed by atoms with Crippen molar-refractivity contribution >= 4 is 5.91 Å². The average Bonchev–Trinajstić information content (AvgIpc) is 3.16. The minimum absolute atomic E-state index is 0.0982. The van der Waals surface area contributed by atoms with Crippen molar-refractivity contribution < 1.29 is 9.18 Å². The maximum atomic E-state index is 13.1. The Labute approximate surface area is 177 Å². The van der Waals surface area contributed by atoms with Gasteiger partial charge in [0.05, 0.1) is 23.6 Å². The van der Waals surface area contributed by atoms with E-state index >= 15 is 0 Å². The van der Waals surface area contributed by atoms with Gasteiger partial charge in [0.2, 0.25) is 5.91 Å². The zero-order chi connectivity index (χ0) is 21.7. The Morgan fingerprint density at radius 1 is 1.20 bits per heavy atom. The van der Waals surface area contributed by atoms with E-state index in [1.165, 1.54) is 19.2 Å². The lowest BCUT2D eigenvalue weighted by molar-refractivity contribution is -0.119. The van der Waals surface area contributed by atoms with Crippen molar-refractivity contribution in [3.05, 3.63) is 71.7 Å². The van der Waals surface area contributed by atoms with Crippen LogP contribution in [0.5, 0.6) is 0 Å². The van der Waals surface area contributed by atoms with E-state index in [-0.39, 0.29) is 23.2 Å². The van der Waals surface area contributed by atoms with Gasteiger partial charge in [-0.2, -0.15) is 0 Å². The summed E-state index contributed by atoms with van der Waals surface area (Å²) >= 11 is 0. The van der Waals surface area contributed by atoms with E-state index in [0.717, 1.165) is 41.2 Å². The van der Waals surface area contributed by atoms with Crippen molar-refractivity contribution in [3.63, 3.8) is 0 Å². The molecule has 1 amide bonds. The van der Waals surface area contributed by atoms with Gasteiger partial charge in [0.15, 0.2) is 0 Å². The fourth-order valence-corrected chi connectivity index (χ4v) is 3.32. The molecule has 2 heterocycles. The first-order valence-electron chi connectivity index (χ1n) is 10.3. The number of carbonyl (C=O) groups excluding carboxylic acids is 1. The summed E-state index contributed by atoms with van der Waals surface area (Å²) < 4.78 is 13.1. The molecule has 2 aromatic heterocycles. The van der Waals surface area contributed by atoms with E-state index in [9.17, 15) is 9.18 Å². The molecule has 3 aromatic rings. The smallest absolute Gasteiger partial charge is 0.217 e. The summed E-state index contributed by atoms with van der Waals surface area (Å²) in [4.78, 5) is 23.9. The molecular weight excluding hydrogens is 379 g/mol. The lowest BCUT2D eigenvalue weighted by Crippen LogP contribution is -2.28. The number of hydrogen-bond donors (Lipinski definition) is 2. The molecule has 0 aliphatic heterocycles. The fourth-order valence-electron chi connectivity index (χ4n) is 3.32. The molecule has 1 aromatic carbocycles. The number of aromatic amines is 1. The van der Waals surface area contributed by atoms with Crippen LogP contribution in [0.1, 0.15) is 57.2 Å². The van der Waals surface area contributed by atoms with Crippen molar-refractivity contribution in [2.45, 2.75) is 53.0 Å². The Balaban J connectivity index is 1.76. The number of amides is 1. The zero-order valence-electron chi connectivity index (χ0n) is 18.0. The Morgan fingerprint density at radius 3 is 2.53 bits per heavy atom. The minimum atomic E-state index is -0.353. The normalized spacial score (nSPS) is 12.6. The first kappa shape index (κ1) is 21.7. The summed E-state index contributed by atoms with van der Waals surface area (Å²) in [6.45, 7) is 8.15. The van der Waals surface area contributed by atoms with Crippen LogP contribution in [0.25, 0.3) is 11.3 Å². The third-order valence-corrected chi connectivity index (χ3v) is 5.39. The largest absolute Gasteiger partial charge is 0.347 e. The summed E-state index contributed by atoms with van der Waals surface area (Å²) in [7, 11) is 0. The number of aromatic nitrogens is 3. The molecule has 158 valence electrons. The monoisotopic (exact) mass is 408 g/mol. The quantitative estimate of drug-likeness (QED) is 0.550. The summed E-state index contributed by atoms with van der Waals surface area (Å²) in [6.07, 6.45) is 5.71. The molecular formula is C24H29FN4O. The number of H-pyrrole nitrogens is 1. The number of nitrogens with zero attached hydrogens (tertiary/aromatic N) is 2. The summed E-state index contributed by atoms with van der Waals surface area (Å²) in [5.41, 5.74) is 3.88. The van der Waals surface area contributed by atoms with Crippen LogP contribution in [0.3, 0.4) is 0 Å². The van der Waals surface area contributed by atoms with Gasteiger partial charge in [0, 0.05) is 18.7 Å². The van der Waals surface area contributed by atoms with Crippen LogP contribution in [-0.2, 0) is 17.6 Å². The standard InChI is InChI=1S/C24H29FN4O/c1-5-24(3,4)13-20-15-27-23(29-20)22(28-16(2)30)12-17-6-8-18(9-7-17)21-11-10-19(25)14-26-21/h6-11,14-15,22H,5,12-13H2,1-4H3,(H,27,29)(H,28,30). The van der Waals surface area contributed by atoms with Crippen molar-refractivity contribution in [2.24, 2.45) is 5.41 Å². The van der Waals surface area contributed by atoms with Crippen LogP contribution in [0.2, 0.25) is 0 Å². The number of carbonyl (C=O) groups is 1. The first-order valence-corrected chi connectivity index (χ1v) is 10.3. The Kier molecular flexibility index (Phi) is 6.65. The molecule has 5 nitrogen and oxygen atoms in total. The fraction of sp³-hybridized carbons (Fsp3) is 0.375. The van der Waals surface area contributed by atoms with Gasteiger partial charge >= 0.3 is 0 Å². The Morgan fingerprint density at radius 2 is 1.93 bits per heavy atom. The molecule has 1 unspecified atom stereocenters.